The zero-order chi connectivity index (χ0) is 10.5. The second kappa shape index (κ2) is 5.83. The average molecular weight is 212 g/mol. The lowest BCUT2D eigenvalue weighted by atomic mass is 9.89. The summed E-state index contributed by atoms with van der Waals surface area (Å²) in [6, 6.07) is 0.732. The maximum Gasteiger partial charge on any atom is 0.0604 e. The van der Waals surface area contributed by atoms with Gasteiger partial charge in [-0.05, 0) is 58.2 Å². The lowest BCUT2D eigenvalue weighted by Gasteiger charge is -2.35. The molecule has 1 saturated heterocycles. The van der Waals surface area contributed by atoms with Gasteiger partial charge in [0.2, 0.25) is 0 Å². The van der Waals surface area contributed by atoms with Crippen LogP contribution in [0, 0.1) is 5.92 Å². The van der Waals surface area contributed by atoms with E-state index in [0.717, 1.165) is 18.6 Å². The average Bonchev–Trinajstić information content (AvgIpc) is 2.66. The molecule has 0 bridgehead atoms. The highest BCUT2D eigenvalue weighted by Crippen LogP contribution is 2.23. The molecule has 1 heterocycles. The van der Waals surface area contributed by atoms with Crippen molar-refractivity contribution in [2.75, 3.05) is 26.2 Å². The number of hydrogen-bond acceptors (Lipinski definition) is 3. The Hall–Kier alpha value is -0.120. The van der Waals surface area contributed by atoms with Gasteiger partial charge in [-0.2, -0.15) is 0 Å². The van der Waals surface area contributed by atoms with Gasteiger partial charge in [0, 0.05) is 12.6 Å². The fraction of sp³-hybridized carbons (Fsp3) is 1.00. The van der Waals surface area contributed by atoms with Crippen LogP contribution in [0.15, 0.2) is 0 Å². The third kappa shape index (κ3) is 3.44. The largest absolute Gasteiger partial charge is 0.378 e. The molecule has 1 unspecified atom stereocenters. The lowest BCUT2D eigenvalue weighted by Crippen LogP contribution is -2.46. The Morgan fingerprint density at radius 3 is 2.93 bits per heavy atom. The van der Waals surface area contributed by atoms with E-state index >= 15 is 0 Å². The minimum atomic E-state index is 0.542. The fourth-order valence-corrected chi connectivity index (χ4v) is 2.56. The molecule has 0 aromatic heterocycles. The molecule has 0 aromatic rings. The smallest absolute Gasteiger partial charge is 0.0604 e. The summed E-state index contributed by atoms with van der Waals surface area (Å²) < 4.78 is 5.54. The predicted octanol–water partition coefficient (Wildman–Crippen LogP) is 1.14. The van der Waals surface area contributed by atoms with E-state index in [1.54, 1.807) is 0 Å². The molecule has 3 nitrogen and oxygen atoms in total. The number of ether oxygens (including phenoxy) is 1. The van der Waals surface area contributed by atoms with E-state index in [0.29, 0.717) is 6.10 Å². The van der Waals surface area contributed by atoms with E-state index < -0.39 is 0 Å². The van der Waals surface area contributed by atoms with Gasteiger partial charge in [-0.3, -0.25) is 0 Å². The van der Waals surface area contributed by atoms with Crippen LogP contribution < -0.4 is 10.6 Å². The molecule has 88 valence electrons. The fourth-order valence-electron chi connectivity index (χ4n) is 2.56. The van der Waals surface area contributed by atoms with E-state index in [-0.39, 0.29) is 0 Å². The molecule has 1 saturated carbocycles. The molecule has 0 spiro atoms. The van der Waals surface area contributed by atoms with Crippen LogP contribution in [0.4, 0.5) is 0 Å². The Labute approximate surface area is 93.0 Å². The Morgan fingerprint density at radius 2 is 2.27 bits per heavy atom. The molecule has 2 rings (SSSR count). The van der Waals surface area contributed by atoms with Crippen LogP contribution in [0.25, 0.3) is 0 Å². The standard InChI is InChI=1S/C12H24N2O/c1-2-15-12-7-11(8-12)14-6-4-10-3-5-13-9-10/h10-14H,2-9H2,1H3. The summed E-state index contributed by atoms with van der Waals surface area (Å²) in [5, 5.41) is 7.04. The predicted molar refractivity (Wildman–Crippen MR) is 62.0 cm³/mol. The molecule has 2 aliphatic rings. The number of nitrogens with one attached hydrogen (secondary N) is 2. The van der Waals surface area contributed by atoms with Crippen LogP contribution in [-0.2, 0) is 4.74 Å². The first-order valence-electron chi connectivity index (χ1n) is 6.44. The van der Waals surface area contributed by atoms with Crippen molar-refractivity contribution in [2.45, 2.75) is 44.8 Å². The molecular weight excluding hydrogens is 188 g/mol. The molecular formula is C12H24N2O. The van der Waals surface area contributed by atoms with Crippen LogP contribution in [0.2, 0.25) is 0 Å². The van der Waals surface area contributed by atoms with Crippen LogP contribution in [0.3, 0.4) is 0 Å². The second-order valence-electron chi connectivity index (χ2n) is 4.85. The highest BCUT2D eigenvalue weighted by Gasteiger charge is 2.28. The van der Waals surface area contributed by atoms with Gasteiger partial charge >= 0.3 is 0 Å². The summed E-state index contributed by atoms with van der Waals surface area (Å²) in [5.41, 5.74) is 0. The normalized spacial score (nSPS) is 35.4. The summed E-state index contributed by atoms with van der Waals surface area (Å²) in [6.45, 7) is 6.59. The van der Waals surface area contributed by atoms with E-state index in [1.807, 2.05) is 0 Å². The quantitative estimate of drug-likeness (QED) is 0.693. The third-order valence-electron chi connectivity index (χ3n) is 3.65. The van der Waals surface area contributed by atoms with Gasteiger partial charge in [-0.1, -0.05) is 0 Å². The van der Waals surface area contributed by atoms with Gasteiger partial charge in [0.15, 0.2) is 0 Å². The van der Waals surface area contributed by atoms with Crippen LogP contribution in [-0.4, -0.2) is 38.4 Å². The first-order chi connectivity index (χ1) is 7.38. The van der Waals surface area contributed by atoms with Crippen molar-refractivity contribution in [3.8, 4) is 0 Å². The molecule has 2 fully saturated rings. The topological polar surface area (TPSA) is 33.3 Å². The molecule has 3 heteroatoms. The Balaban J connectivity index is 1.45. The van der Waals surface area contributed by atoms with E-state index in [2.05, 4.69) is 17.6 Å². The summed E-state index contributed by atoms with van der Waals surface area (Å²) in [7, 11) is 0. The van der Waals surface area contributed by atoms with Crippen molar-refractivity contribution in [2.24, 2.45) is 5.92 Å². The molecule has 15 heavy (non-hydrogen) atoms. The van der Waals surface area contributed by atoms with Gasteiger partial charge in [0.1, 0.15) is 0 Å². The Bertz CT molecular complexity index is 174. The zero-order valence-electron chi connectivity index (χ0n) is 9.80. The molecule has 1 aliphatic carbocycles. The molecule has 0 radical (unpaired) electrons. The number of hydrogen-bond donors (Lipinski definition) is 2. The van der Waals surface area contributed by atoms with Gasteiger partial charge in [0.25, 0.3) is 0 Å². The van der Waals surface area contributed by atoms with Crippen molar-refractivity contribution >= 4 is 0 Å². The molecule has 1 atom stereocenters. The second-order valence-corrected chi connectivity index (χ2v) is 4.85. The zero-order valence-corrected chi connectivity index (χ0v) is 9.80. The van der Waals surface area contributed by atoms with Crippen molar-refractivity contribution < 1.29 is 4.74 Å². The van der Waals surface area contributed by atoms with E-state index in [9.17, 15) is 0 Å². The molecule has 0 amide bonds. The van der Waals surface area contributed by atoms with Gasteiger partial charge in [-0.25, -0.2) is 0 Å². The molecule has 0 aromatic carbocycles. The number of rotatable bonds is 6. The van der Waals surface area contributed by atoms with Gasteiger partial charge in [-0.15, -0.1) is 0 Å². The van der Waals surface area contributed by atoms with E-state index in [1.165, 1.54) is 45.3 Å². The minimum Gasteiger partial charge on any atom is -0.378 e. The van der Waals surface area contributed by atoms with Crippen molar-refractivity contribution in [1.29, 1.82) is 0 Å². The lowest BCUT2D eigenvalue weighted by molar-refractivity contribution is -0.00991. The van der Waals surface area contributed by atoms with Crippen LogP contribution >= 0.6 is 0 Å². The summed E-state index contributed by atoms with van der Waals surface area (Å²) >= 11 is 0. The highest BCUT2D eigenvalue weighted by atomic mass is 16.5. The monoisotopic (exact) mass is 212 g/mol. The first-order valence-corrected chi connectivity index (χ1v) is 6.44. The third-order valence-corrected chi connectivity index (χ3v) is 3.65. The maximum atomic E-state index is 5.54. The van der Waals surface area contributed by atoms with Gasteiger partial charge in [0.05, 0.1) is 6.10 Å². The molecule has 1 aliphatic heterocycles. The maximum absolute atomic E-state index is 5.54. The van der Waals surface area contributed by atoms with Crippen LogP contribution in [0.5, 0.6) is 0 Å². The van der Waals surface area contributed by atoms with E-state index in [4.69, 9.17) is 4.74 Å². The summed E-state index contributed by atoms with van der Waals surface area (Å²) in [6.07, 6.45) is 5.69. The van der Waals surface area contributed by atoms with Crippen molar-refractivity contribution in [3.05, 3.63) is 0 Å². The highest BCUT2D eigenvalue weighted by molar-refractivity contribution is 4.86. The minimum absolute atomic E-state index is 0.542. The summed E-state index contributed by atoms with van der Waals surface area (Å²) in [5.74, 6) is 0.917. The van der Waals surface area contributed by atoms with Crippen molar-refractivity contribution in [1.82, 2.24) is 10.6 Å². The summed E-state index contributed by atoms with van der Waals surface area (Å²) in [4.78, 5) is 0. The Morgan fingerprint density at radius 1 is 1.40 bits per heavy atom. The first kappa shape index (κ1) is 11.4. The SMILES string of the molecule is CCOC1CC(NCCC2CCNC2)C1. The van der Waals surface area contributed by atoms with Crippen molar-refractivity contribution in [3.63, 3.8) is 0 Å². The molecule has 2 N–H and O–H groups in total. The Kier molecular flexibility index (Phi) is 4.42. The van der Waals surface area contributed by atoms with Gasteiger partial charge < -0.3 is 15.4 Å². The van der Waals surface area contributed by atoms with Crippen LogP contribution in [0.1, 0.15) is 32.6 Å².